The highest BCUT2D eigenvalue weighted by Crippen LogP contribution is 2.27. The van der Waals surface area contributed by atoms with Crippen molar-refractivity contribution >= 4 is 11.8 Å². The molecule has 0 amide bonds. The van der Waals surface area contributed by atoms with E-state index in [9.17, 15) is 9.59 Å². The van der Waals surface area contributed by atoms with Crippen LogP contribution in [0.3, 0.4) is 0 Å². The van der Waals surface area contributed by atoms with Crippen LogP contribution in [0, 0.1) is 5.41 Å². The summed E-state index contributed by atoms with van der Waals surface area (Å²) in [4.78, 5) is 23.4. The Morgan fingerprint density at radius 1 is 1.16 bits per heavy atom. The van der Waals surface area contributed by atoms with Crippen LogP contribution in [0.1, 0.15) is 25.8 Å². The summed E-state index contributed by atoms with van der Waals surface area (Å²) in [5, 5.41) is 0. The number of esters is 1. The number of Topliss-reactive ketones (excluding diaryl/α,β-unsaturated/α-hetero) is 1. The fraction of sp³-hybridized carbons (Fsp3) is 0.467. The van der Waals surface area contributed by atoms with Gasteiger partial charge < -0.3 is 9.47 Å². The van der Waals surface area contributed by atoms with Crippen LogP contribution < -0.4 is 4.74 Å². The molecular formula is C15H20O4. The largest absolute Gasteiger partial charge is 0.497 e. The van der Waals surface area contributed by atoms with Crippen LogP contribution in [0.15, 0.2) is 24.3 Å². The second-order valence-electron chi connectivity index (χ2n) is 4.73. The zero-order valence-corrected chi connectivity index (χ0v) is 11.9. The van der Waals surface area contributed by atoms with Gasteiger partial charge in [-0.3, -0.25) is 9.59 Å². The van der Waals surface area contributed by atoms with Crippen LogP contribution in [0.5, 0.6) is 5.75 Å². The number of benzene rings is 1. The van der Waals surface area contributed by atoms with Crippen molar-refractivity contribution < 1.29 is 19.1 Å². The van der Waals surface area contributed by atoms with E-state index in [4.69, 9.17) is 9.47 Å². The molecular weight excluding hydrogens is 244 g/mol. The number of ether oxygens (including phenoxy) is 2. The van der Waals surface area contributed by atoms with Crippen LogP contribution in [0.2, 0.25) is 0 Å². The fourth-order valence-corrected chi connectivity index (χ4v) is 1.83. The van der Waals surface area contributed by atoms with E-state index in [1.165, 1.54) is 14.0 Å². The first-order chi connectivity index (χ1) is 8.93. The molecule has 0 aliphatic carbocycles. The molecule has 0 bridgehead atoms. The highest BCUT2D eigenvalue weighted by molar-refractivity contribution is 6.02. The number of carbonyl (C=O) groups excluding carboxylic acids is 2. The minimum Gasteiger partial charge on any atom is -0.497 e. The molecule has 0 aliphatic heterocycles. The summed E-state index contributed by atoms with van der Waals surface area (Å²) in [5.41, 5.74) is -0.0218. The van der Waals surface area contributed by atoms with E-state index >= 15 is 0 Å². The number of hydrogen-bond donors (Lipinski definition) is 0. The number of hydrogen-bond acceptors (Lipinski definition) is 4. The van der Waals surface area contributed by atoms with Crippen molar-refractivity contribution in [2.75, 3.05) is 14.2 Å². The van der Waals surface area contributed by atoms with Crippen molar-refractivity contribution in [3.8, 4) is 5.75 Å². The Balaban J connectivity index is 2.76. The molecule has 0 saturated carbocycles. The van der Waals surface area contributed by atoms with Crippen LogP contribution in [0.25, 0.3) is 0 Å². The van der Waals surface area contributed by atoms with Gasteiger partial charge in [0, 0.05) is 0 Å². The molecule has 0 radical (unpaired) electrons. The predicted octanol–water partition coefficient (Wildman–Crippen LogP) is 2.40. The molecule has 1 unspecified atom stereocenters. The van der Waals surface area contributed by atoms with Crippen LogP contribution in [0.4, 0.5) is 0 Å². The Kier molecular flexibility index (Phi) is 5.10. The van der Waals surface area contributed by atoms with Crippen molar-refractivity contribution in [1.29, 1.82) is 0 Å². The molecule has 0 spiro atoms. The average molecular weight is 264 g/mol. The summed E-state index contributed by atoms with van der Waals surface area (Å²) in [6, 6.07) is 7.57. The van der Waals surface area contributed by atoms with Crippen molar-refractivity contribution in [3.05, 3.63) is 29.8 Å². The fourth-order valence-electron chi connectivity index (χ4n) is 1.83. The van der Waals surface area contributed by atoms with Crippen LogP contribution in [-0.2, 0) is 20.7 Å². The number of aryl methyl sites for hydroxylation is 1. The number of rotatable bonds is 6. The smallest absolute Gasteiger partial charge is 0.319 e. The highest BCUT2D eigenvalue weighted by Gasteiger charge is 2.38. The molecule has 1 aromatic carbocycles. The average Bonchev–Trinajstić information content (AvgIpc) is 2.44. The zero-order chi connectivity index (χ0) is 14.5. The molecule has 0 aliphatic rings. The first-order valence-corrected chi connectivity index (χ1v) is 6.16. The summed E-state index contributed by atoms with van der Waals surface area (Å²) < 4.78 is 9.80. The molecule has 4 nitrogen and oxygen atoms in total. The third-order valence-corrected chi connectivity index (χ3v) is 3.49. The van der Waals surface area contributed by atoms with Gasteiger partial charge >= 0.3 is 5.97 Å². The van der Waals surface area contributed by atoms with E-state index in [1.807, 2.05) is 24.3 Å². The van der Waals surface area contributed by atoms with Gasteiger partial charge in [-0.2, -0.15) is 0 Å². The van der Waals surface area contributed by atoms with E-state index in [2.05, 4.69) is 0 Å². The third-order valence-electron chi connectivity index (χ3n) is 3.49. The molecule has 4 heteroatoms. The Bertz CT molecular complexity index is 450. The summed E-state index contributed by atoms with van der Waals surface area (Å²) in [6.45, 7) is 3.05. The third kappa shape index (κ3) is 3.56. The molecule has 0 saturated heterocycles. The van der Waals surface area contributed by atoms with Gasteiger partial charge in [0.15, 0.2) is 0 Å². The number of ketones is 1. The first kappa shape index (κ1) is 15.2. The number of carbonyl (C=O) groups is 2. The number of methoxy groups -OCH3 is 2. The SMILES string of the molecule is COC(=O)C(C)(CCc1ccc(OC)cc1)C(C)=O. The van der Waals surface area contributed by atoms with Gasteiger partial charge in [0.1, 0.15) is 16.9 Å². The highest BCUT2D eigenvalue weighted by atomic mass is 16.5. The van der Waals surface area contributed by atoms with Crippen LogP contribution >= 0.6 is 0 Å². The maximum atomic E-state index is 11.7. The topological polar surface area (TPSA) is 52.6 Å². The van der Waals surface area contributed by atoms with Crippen molar-refractivity contribution in [2.24, 2.45) is 5.41 Å². The van der Waals surface area contributed by atoms with E-state index in [0.29, 0.717) is 12.8 Å². The van der Waals surface area contributed by atoms with Crippen molar-refractivity contribution in [3.63, 3.8) is 0 Å². The molecule has 0 fully saturated rings. The second-order valence-corrected chi connectivity index (χ2v) is 4.73. The van der Waals surface area contributed by atoms with Gasteiger partial charge in [-0.15, -0.1) is 0 Å². The van der Waals surface area contributed by atoms with Crippen molar-refractivity contribution in [1.82, 2.24) is 0 Å². The molecule has 0 heterocycles. The van der Waals surface area contributed by atoms with E-state index in [1.54, 1.807) is 14.0 Å². The monoisotopic (exact) mass is 264 g/mol. The Hall–Kier alpha value is -1.84. The molecule has 0 N–H and O–H groups in total. The van der Waals surface area contributed by atoms with E-state index in [0.717, 1.165) is 11.3 Å². The second kappa shape index (κ2) is 6.36. The lowest BCUT2D eigenvalue weighted by molar-refractivity contribution is -0.156. The predicted molar refractivity (Wildman–Crippen MR) is 72.1 cm³/mol. The maximum absolute atomic E-state index is 11.7. The quantitative estimate of drug-likeness (QED) is 0.585. The van der Waals surface area contributed by atoms with Gasteiger partial charge in [0.05, 0.1) is 14.2 Å². The van der Waals surface area contributed by atoms with Gasteiger partial charge in [0.25, 0.3) is 0 Å². The van der Waals surface area contributed by atoms with Gasteiger partial charge in [-0.05, 0) is 44.4 Å². The van der Waals surface area contributed by atoms with E-state index in [-0.39, 0.29) is 5.78 Å². The minimum absolute atomic E-state index is 0.173. The molecule has 0 aromatic heterocycles. The summed E-state index contributed by atoms with van der Waals surface area (Å²) >= 11 is 0. The van der Waals surface area contributed by atoms with Gasteiger partial charge in [0.2, 0.25) is 0 Å². The molecule has 1 rings (SSSR count). The Morgan fingerprint density at radius 3 is 2.16 bits per heavy atom. The Morgan fingerprint density at radius 2 is 1.74 bits per heavy atom. The zero-order valence-electron chi connectivity index (χ0n) is 11.9. The van der Waals surface area contributed by atoms with E-state index < -0.39 is 11.4 Å². The Labute approximate surface area is 113 Å². The lowest BCUT2D eigenvalue weighted by atomic mass is 9.80. The molecule has 1 aromatic rings. The summed E-state index contributed by atoms with van der Waals surface area (Å²) in [7, 11) is 2.91. The lowest BCUT2D eigenvalue weighted by Crippen LogP contribution is -2.36. The first-order valence-electron chi connectivity index (χ1n) is 6.16. The molecule has 104 valence electrons. The van der Waals surface area contributed by atoms with Crippen molar-refractivity contribution in [2.45, 2.75) is 26.7 Å². The summed E-state index contributed by atoms with van der Waals surface area (Å²) in [5.74, 6) is 0.132. The minimum atomic E-state index is -1.07. The van der Waals surface area contributed by atoms with Crippen LogP contribution in [-0.4, -0.2) is 26.0 Å². The lowest BCUT2D eigenvalue weighted by Gasteiger charge is -2.23. The maximum Gasteiger partial charge on any atom is 0.319 e. The molecule has 19 heavy (non-hydrogen) atoms. The van der Waals surface area contributed by atoms with Gasteiger partial charge in [-0.25, -0.2) is 0 Å². The normalized spacial score (nSPS) is 13.5. The van der Waals surface area contributed by atoms with Gasteiger partial charge in [-0.1, -0.05) is 12.1 Å². The standard InChI is InChI=1S/C15H20O4/c1-11(16)15(2,14(17)19-4)10-9-12-5-7-13(18-3)8-6-12/h5-8H,9-10H2,1-4H3. The summed E-state index contributed by atoms with van der Waals surface area (Å²) in [6.07, 6.45) is 1.07. The molecule has 1 atom stereocenters.